The highest BCUT2D eigenvalue weighted by Crippen LogP contribution is 2.31. The number of rotatable bonds is 5. The van der Waals surface area contributed by atoms with Crippen LogP contribution in [0.1, 0.15) is 15.2 Å². The normalized spacial score (nSPS) is 10.2. The average Bonchev–Trinajstić information content (AvgIpc) is 2.90. The summed E-state index contributed by atoms with van der Waals surface area (Å²) in [6, 6.07) is 5.19. The van der Waals surface area contributed by atoms with Gasteiger partial charge < -0.3 is 20.5 Å². The second-order valence-electron chi connectivity index (χ2n) is 4.20. The fraction of sp³-hybridized carbons (Fsp3) is 0.214. The van der Waals surface area contributed by atoms with E-state index in [4.69, 9.17) is 15.2 Å². The number of hydrogen-bond acceptors (Lipinski definition) is 5. The van der Waals surface area contributed by atoms with Gasteiger partial charge in [0.1, 0.15) is 11.5 Å². The van der Waals surface area contributed by atoms with E-state index in [-0.39, 0.29) is 5.91 Å². The van der Waals surface area contributed by atoms with Gasteiger partial charge in [-0.1, -0.05) is 0 Å². The molecule has 0 saturated heterocycles. The van der Waals surface area contributed by atoms with Gasteiger partial charge in [-0.15, -0.1) is 11.3 Å². The van der Waals surface area contributed by atoms with Gasteiger partial charge in [0.05, 0.1) is 32.0 Å². The van der Waals surface area contributed by atoms with Gasteiger partial charge in [-0.2, -0.15) is 0 Å². The quantitative estimate of drug-likeness (QED) is 0.793. The Morgan fingerprint density at radius 3 is 2.67 bits per heavy atom. The fourth-order valence-corrected chi connectivity index (χ4v) is 3.18. The van der Waals surface area contributed by atoms with Crippen LogP contribution in [0.3, 0.4) is 0 Å². The molecular weight excluding hydrogens is 356 g/mol. The minimum absolute atomic E-state index is 0.269. The zero-order chi connectivity index (χ0) is 15.4. The van der Waals surface area contributed by atoms with Gasteiger partial charge in [0.25, 0.3) is 5.91 Å². The molecule has 21 heavy (non-hydrogen) atoms. The third kappa shape index (κ3) is 3.68. The third-order valence-corrected chi connectivity index (χ3v) is 4.56. The highest BCUT2D eigenvalue weighted by atomic mass is 79.9. The van der Waals surface area contributed by atoms with Crippen LogP contribution in [0.5, 0.6) is 11.5 Å². The SMILES string of the molecule is COc1cc(OC)c(N)c(C(=O)NCc2cc(Br)cs2)c1. The molecule has 1 aromatic carbocycles. The number of methoxy groups -OCH3 is 2. The largest absolute Gasteiger partial charge is 0.497 e. The van der Waals surface area contributed by atoms with Crippen molar-refractivity contribution in [2.45, 2.75) is 6.54 Å². The zero-order valence-electron chi connectivity index (χ0n) is 11.6. The maximum absolute atomic E-state index is 12.3. The minimum Gasteiger partial charge on any atom is -0.497 e. The molecule has 2 aromatic rings. The molecule has 2 rings (SSSR count). The monoisotopic (exact) mass is 370 g/mol. The topological polar surface area (TPSA) is 73.6 Å². The van der Waals surface area contributed by atoms with E-state index < -0.39 is 0 Å². The van der Waals surface area contributed by atoms with Crippen LogP contribution in [0, 0.1) is 0 Å². The summed E-state index contributed by atoms with van der Waals surface area (Å²) >= 11 is 4.94. The average molecular weight is 371 g/mol. The molecule has 0 saturated carbocycles. The molecule has 0 atom stereocenters. The number of nitrogens with one attached hydrogen (secondary N) is 1. The van der Waals surface area contributed by atoms with Crippen LogP contribution in [-0.4, -0.2) is 20.1 Å². The van der Waals surface area contributed by atoms with Gasteiger partial charge in [-0.25, -0.2) is 0 Å². The van der Waals surface area contributed by atoms with Crippen molar-refractivity contribution in [2.75, 3.05) is 20.0 Å². The Labute approximate surface area is 135 Å². The maximum atomic E-state index is 12.3. The summed E-state index contributed by atoms with van der Waals surface area (Å²) in [6.07, 6.45) is 0. The van der Waals surface area contributed by atoms with Crippen molar-refractivity contribution in [3.8, 4) is 11.5 Å². The molecule has 0 fully saturated rings. The molecule has 0 bridgehead atoms. The van der Waals surface area contributed by atoms with Crippen molar-refractivity contribution in [3.63, 3.8) is 0 Å². The van der Waals surface area contributed by atoms with Crippen LogP contribution in [0.15, 0.2) is 28.1 Å². The van der Waals surface area contributed by atoms with Gasteiger partial charge in [0, 0.05) is 20.8 Å². The van der Waals surface area contributed by atoms with Crippen molar-refractivity contribution >= 4 is 38.9 Å². The molecule has 0 aliphatic carbocycles. The standard InChI is InChI=1S/C14H15BrN2O3S/c1-19-9-4-11(13(16)12(5-9)20-2)14(18)17-6-10-3-8(15)7-21-10/h3-5,7H,6,16H2,1-2H3,(H,17,18). The van der Waals surface area contributed by atoms with E-state index in [9.17, 15) is 4.79 Å². The molecule has 0 spiro atoms. The van der Waals surface area contributed by atoms with Crippen LogP contribution in [0.4, 0.5) is 5.69 Å². The minimum atomic E-state index is -0.269. The van der Waals surface area contributed by atoms with Crippen molar-refractivity contribution in [3.05, 3.63) is 38.5 Å². The van der Waals surface area contributed by atoms with E-state index in [1.807, 2.05) is 11.4 Å². The Morgan fingerprint density at radius 1 is 1.33 bits per heavy atom. The summed E-state index contributed by atoms with van der Waals surface area (Å²) in [6.45, 7) is 0.439. The molecular formula is C14H15BrN2O3S. The lowest BCUT2D eigenvalue weighted by Gasteiger charge is -2.12. The molecule has 0 aliphatic rings. The van der Waals surface area contributed by atoms with Gasteiger partial charge in [0.2, 0.25) is 0 Å². The van der Waals surface area contributed by atoms with E-state index in [0.717, 1.165) is 9.35 Å². The number of nitrogens with two attached hydrogens (primary N) is 1. The molecule has 5 nitrogen and oxygen atoms in total. The molecule has 3 N–H and O–H groups in total. The molecule has 0 aliphatic heterocycles. The first-order chi connectivity index (χ1) is 10.0. The first-order valence-corrected chi connectivity index (χ1v) is 7.75. The van der Waals surface area contributed by atoms with Crippen LogP contribution in [-0.2, 0) is 6.54 Å². The van der Waals surface area contributed by atoms with Crippen LogP contribution < -0.4 is 20.5 Å². The third-order valence-electron chi connectivity index (χ3n) is 2.86. The Bertz CT molecular complexity index is 658. The highest BCUT2D eigenvalue weighted by molar-refractivity contribution is 9.10. The smallest absolute Gasteiger partial charge is 0.253 e. The molecule has 7 heteroatoms. The number of anilines is 1. The van der Waals surface area contributed by atoms with E-state index in [0.29, 0.717) is 29.3 Å². The number of nitrogen functional groups attached to an aromatic ring is 1. The van der Waals surface area contributed by atoms with E-state index >= 15 is 0 Å². The lowest BCUT2D eigenvalue weighted by atomic mass is 10.1. The van der Waals surface area contributed by atoms with Crippen molar-refractivity contribution < 1.29 is 14.3 Å². The second kappa shape index (κ2) is 6.82. The zero-order valence-corrected chi connectivity index (χ0v) is 14.0. The molecule has 1 aromatic heterocycles. The highest BCUT2D eigenvalue weighted by Gasteiger charge is 2.16. The first kappa shape index (κ1) is 15.7. The predicted octanol–water partition coefficient (Wildman–Crippen LogP) is 3.04. The van der Waals surface area contributed by atoms with E-state index in [2.05, 4.69) is 21.2 Å². The fourth-order valence-electron chi connectivity index (χ4n) is 1.79. The summed E-state index contributed by atoms with van der Waals surface area (Å²) in [5.74, 6) is 0.664. The van der Waals surface area contributed by atoms with Crippen molar-refractivity contribution in [1.29, 1.82) is 0 Å². The summed E-state index contributed by atoms with van der Waals surface area (Å²) in [5, 5.41) is 4.79. The Kier molecular flexibility index (Phi) is 5.08. The Hall–Kier alpha value is -1.73. The number of halogens is 1. The number of hydrogen-bond donors (Lipinski definition) is 2. The van der Waals surface area contributed by atoms with Crippen molar-refractivity contribution in [2.24, 2.45) is 0 Å². The van der Waals surface area contributed by atoms with Gasteiger partial charge in [-0.3, -0.25) is 4.79 Å². The summed E-state index contributed by atoms with van der Waals surface area (Å²) in [5.41, 5.74) is 6.57. The second-order valence-corrected chi connectivity index (χ2v) is 6.12. The summed E-state index contributed by atoms with van der Waals surface area (Å²) < 4.78 is 11.3. The first-order valence-electron chi connectivity index (χ1n) is 6.07. The van der Waals surface area contributed by atoms with E-state index in [1.165, 1.54) is 14.2 Å². The number of thiophene rings is 1. The number of ether oxygens (including phenoxy) is 2. The number of benzene rings is 1. The Morgan fingerprint density at radius 2 is 2.10 bits per heavy atom. The number of amides is 1. The molecule has 112 valence electrons. The van der Waals surface area contributed by atoms with E-state index in [1.54, 1.807) is 23.5 Å². The van der Waals surface area contributed by atoms with Crippen molar-refractivity contribution in [1.82, 2.24) is 5.32 Å². The van der Waals surface area contributed by atoms with Crippen LogP contribution >= 0.6 is 27.3 Å². The lowest BCUT2D eigenvalue weighted by Crippen LogP contribution is -2.23. The maximum Gasteiger partial charge on any atom is 0.253 e. The Balaban J connectivity index is 2.18. The molecule has 1 heterocycles. The van der Waals surface area contributed by atoms with Gasteiger partial charge in [-0.05, 0) is 28.1 Å². The number of carbonyl (C=O) groups is 1. The van der Waals surface area contributed by atoms with Crippen LogP contribution in [0.25, 0.3) is 0 Å². The molecule has 0 unspecified atom stereocenters. The van der Waals surface area contributed by atoms with Crippen LogP contribution in [0.2, 0.25) is 0 Å². The summed E-state index contributed by atoms with van der Waals surface area (Å²) in [4.78, 5) is 13.3. The van der Waals surface area contributed by atoms with Gasteiger partial charge >= 0.3 is 0 Å². The molecule has 1 amide bonds. The lowest BCUT2D eigenvalue weighted by molar-refractivity contribution is 0.0951. The van der Waals surface area contributed by atoms with Gasteiger partial charge in [0.15, 0.2) is 0 Å². The predicted molar refractivity (Wildman–Crippen MR) is 87.1 cm³/mol. The number of carbonyl (C=O) groups excluding carboxylic acids is 1. The summed E-state index contributed by atoms with van der Waals surface area (Å²) in [7, 11) is 3.02. The molecule has 0 radical (unpaired) electrons.